The van der Waals surface area contributed by atoms with Gasteiger partial charge in [0.05, 0.1) is 11.7 Å². The lowest BCUT2D eigenvalue weighted by Gasteiger charge is -2.34. The van der Waals surface area contributed by atoms with Crippen LogP contribution in [0.5, 0.6) is 0 Å². The number of nitrogens with zero attached hydrogens (tertiary/aromatic N) is 3. The molecule has 0 spiro atoms. The van der Waals surface area contributed by atoms with Crippen LogP contribution in [0.2, 0.25) is 0 Å². The van der Waals surface area contributed by atoms with Gasteiger partial charge in [-0.15, -0.1) is 10.2 Å². The summed E-state index contributed by atoms with van der Waals surface area (Å²) in [5, 5.41) is 7.73. The third-order valence-corrected chi connectivity index (χ3v) is 6.45. The van der Waals surface area contributed by atoms with Crippen LogP contribution in [-0.4, -0.2) is 50.0 Å². The van der Waals surface area contributed by atoms with E-state index in [0.29, 0.717) is 38.2 Å². The summed E-state index contributed by atoms with van der Waals surface area (Å²) >= 11 is 0. The van der Waals surface area contributed by atoms with Gasteiger partial charge in [-0.3, -0.25) is 9.36 Å². The van der Waals surface area contributed by atoms with Crippen LogP contribution < -0.4 is 0 Å². The second-order valence-electron chi connectivity index (χ2n) is 7.84. The van der Waals surface area contributed by atoms with Gasteiger partial charge in [-0.1, -0.05) is 19.1 Å². The zero-order chi connectivity index (χ0) is 23.5. The minimum atomic E-state index is -4.39. The van der Waals surface area contributed by atoms with Crippen LogP contribution in [-0.2, 0) is 22.0 Å². The normalized spacial score (nSPS) is 16.9. The fraction of sp³-hybridized carbons (Fsp3) is 0.550. The topological polar surface area (TPSA) is 117 Å². The van der Waals surface area contributed by atoms with Gasteiger partial charge in [0.15, 0.2) is 0 Å². The van der Waals surface area contributed by atoms with Crippen molar-refractivity contribution in [1.29, 1.82) is 0 Å². The Labute approximate surface area is 183 Å². The molecule has 2 heterocycles. The molecule has 1 amide bonds. The summed E-state index contributed by atoms with van der Waals surface area (Å²) in [5.41, 5.74) is 0.0837. The van der Waals surface area contributed by atoms with E-state index in [1.54, 1.807) is 11.8 Å². The number of carbonyl (C=O) groups excluding carboxylic acids is 1. The summed E-state index contributed by atoms with van der Waals surface area (Å²) < 4.78 is 55.1. The molecule has 1 aliphatic rings. The highest BCUT2D eigenvalue weighted by molar-refractivity contribution is 7.51. The van der Waals surface area contributed by atoms with Crippen molar-refractivity contribution in [2.24, 2.45) is 0 Å². The molecule has 2 N–H and O–H groups in total. The molecule has 2 aromatic rings. The molecule has 1 aromatic carbocycles. The Morgan fingerprint density at radius 1 is 1.22 bits per heavy atom. The van der Waals surface area contributed by atoms with Gasteiger partial charge in [0.1, 0.15) is 5.92 Å². The van der Waals surface area contributed by atoms with E-state index in [9.17, 15) is 32.3 Å². The highest BCUT2D eigenvalue weighted by Gasteiger charge is 2.35. The lowest BCUT2D eigenvalue weighted by molar-refractivity contribution is -0.137. The first-order valence-electron chi connectivity index (χ1n) is 10.3. The number of aromatic nitrogens is 2. The molecule has 0 radical (unpaired) electrons. The summed E-state index contributed by atoms with van der Waals surface area (Å²) in [4.78, 5) is 33.2. The molecule has 1 atom stereocenters. The number of hydrogen-bond donors (Lipinski definition) is 2. The minimum Gasteiger partial charge on any atom is -0.424 e. The Kier molecular flexibility index (Phi) is 7.42. The fourth-order valence-corrected chi connectivity index (χ4v) is 4.39. The maximum absolute atomic E-state index is 13.1. The van der Waals surface area contributed by atoms with E-state index < -0.39 is 31.4 Å². The first-order chi connectivity index (χ1) is 15.0. The third kappa shape index (κ3) is 6.17. The summed E-state index contributed by atoms with van der Waals surface area (Å²) in [6, 6.07) is 5.06. The molecule has 8 nitrogen and oxygen atoms in total. The largest absolute Gasteiger partial charge is 0.424 e. The van der Waals surface area contributed by atoms with Gasteiger partial charge < -0.3 is 19.1 Å². The first-order valence-corrected chi connectivity index (χ1v) is 12.1. The van der Waals surface area contributed by atoms with Crippen LogP contribution in [0.15, 0.2) is 28.7 Å². The monoisotopic (exact) mass is 475 g/mol. The molecule has 3 rings (SSSR count). The van der Waals surface area contributed by atoms with Crippen LogP contribution in [0.1, 0.15) is 60.9 Å². The number of alkyl halides is 3. The van der Waals surface area contributed by atoms with Crippen molar-refractivity contribution in [3.63, 3.8) is 0 Å². The Morgan fingerprint density at radius 2 is 1.84 bits per heavy atom. The van der Waals surface area contributed by atoms with E-state index >= 15 is 0 Å². The summed E-state index contributed by atoms with van der Waals surface area (Å²) in [7, 11) is -4.33. The van der Waals surface area contributed by atoms with Crippen LogP contribution in [0, 0.1) is 0 Å². The maximum Gasteiger partial charge on any atom is 0.416 e. The van der Waals surface area contributed by atoms with Crippen molar-refractivity contribution in [2.75, 3.05) is 19.3 Å². The molecule has 1 fully saturated rings. The van der Waals surface area contributed by atoms with Gasteiger partial charge in [0.2, 0.25) is 17.7 Å². The Bertz CT molecular complexity index is 966. The summed E-state index contributed by atoms with van der Waals surface area (Å²) in [5.74, 6) is -0.932. The Balaban J connectivity index is 1.67. The van der Waals surface area contributed by atoms with E-state index in [-0.39, 0.29) is 24.1 Å². The number of halogens is 3. The first kappa shape index (κ1) is 24.4. The zero-order valence-electron chi connectivity index (χ0n) is 17.5. The number of aryl methyl sites for hydroxylation is 1. The molecule has 1 saturated heterocycles. The molecule has 0 aliphatic carbocycles. The third-order valence-electron chi connectivity index (χ3n) is 5.61. The highest BCUT2D eigenvalue weighted by atomic mass is 31.2. The van der Waals surface area contributed by atoms with Crippen molar-refractivity contribution in [3.05, 3.63) is 47.2 Å². The second kappa shape index (κ2) is 9.72. The molecule has 1 aliphatic heterocycles. The molecular weight excluding hydrogens is 450 g/mol. The fourth-order valence-electron chi connectivity index (χ4n) is 3.80. The van der Waals surface area contributed by atoms with Crippen molar-refractivity contribution in [1.82, 2.24) is 15.1 Å². The van der Waals surface area contributed by atoms with Gasteiger partial charge in [-0.05, 0) is 42.9 Å². The molecule has 0 unspecified atom stereocenters. The predicted molar refractivity (Wildman–Crippen MR) is 108 cm³/mol. The molecule has 0 saturated carbocycles. The number of benzene rings is 1. The highest BCUT2D eigenvalue weighted by Crippen LogP contribution is 2.39. The number of likely N-dealkylation sites (tertiary alicyclic amines) is 1. The molecule has 32 heavy (non-hydrogen) atoms. The van der Waals surface area contributed by atoms with Gasteiger partial charge in [-0.2, -0.15) is 13.2 Å². The molecule has 1 aromatic heterocycles. The lowest BCUT2D eigenvalue weighted by Crippen LogP contribution is -2.41. The predicted octanol–water partition coefficient (Wildman–Crippen LogP) is 3.71. The molecule has 12 heteroatoms. The average molecular weight is 475 g/mol. The summed E-state index contributed by atoms with van der Waals surface area (Å²) in [6.07, 6.45) is -3.42. The van der Waals surface area contributed by atoms with E-state index in [2.05, 4.69) is 10.2 Å². The number of piperidine rings is 1. The van der Waals surface area contributed by atoms with Crippen molar-refractivity contribution in [2.45, 2.75) is 50.6 Å². The molecule has 176 valence electrons. The van der Waals surface area contributed by atoms with E-state index in [4.69, 9.17) is 4.42 Å². The summed E-state index contributed by atoms with van der Waals surface area (Å²) in [6.45, 7) is 2.53. The van der Waals surface area contributed by atoms with Gasteiger partial charge >= 0.3 is 13.8 Å². The van der Waals surface area contributed by atoms with Crippen LogP contribution >= 0.6 is 7.60 Å². The lowest BCUT2D eigenvalue weighted by atomic mass is 9.88. The SMILES string of the molecule is CCc1nnc([C@@H](CCP(=O)(O)O)C(=O)N2CCC(c3ccc(C(F)(F)F)cc3)CC2)o1. The van der Waals surface area contributed by atoms with E-state index in [0.717, 1.165) is 17.7 Å². The second-order valence-corrected chi connectivity index (χ2v) is 9.61. The van der Waals surface area contributed by atoms with E-state index in [1.165, 1.54) is 12.1 Å². The van der Waals surface area contributed by atoms with Gasteiger partial charge in [-0.25, -0.2) is 0 Å². The molecular formula is C20H25F3N3O5P. The van der Waals surface area contributed by atoms with E-state index in [1.807, 2.05) is 0 Å². The minimum absolute atomic E-state index is 0.0185. The smallest absolute Gasteiger partial charge is 0.416 e. The van der Waals surface area contributed by atoms with Gasteiger partial charge in [0, 0.05) is 19.5 Å². The number of carbonyl (C=O) groups is 1. The van der Waals surface area contributed by atoms with Crippen molar-refractivity contribution >= 4 is 13.5 Å². The van der Waals surface area contributed by atoms with Crippen LogP contribution in [0.25, 0.3) is 0 Å². The van der Waals surface area contributed by atoms with Crippen LogP contribution in [0.4, 0.5) is 13.2 Å². The number of rotatable bonds is 7. The Morgan fingerprint density at radius 3 is 2.34 bits per heavy atom. The Hall–Kier alpha value is -2.23. The standard InChI is InChI=1S/C20H25F3N3O5P/c1-2-17-24-25-18(31-17)16(9-12-32(28,29)30)19(27)26-10-7-14(8-11-26)13-3-5-15(6-4-13)20(21,22)23/h3-6,14,16H,2,7-12H2,1H3,(H2,28,29,30)/t16-/m1/s1. The van der Waals surface area contributed by atoms with Crippen molar-refractivity contribution in [3.8, 4) is 0 Å². The van der Waals surface area contributed by atoms with Crippen molar-refractivity contribution < 1.29 is 36.7 Å². The average Bonchev–Trinajstić information content (AvgIpc) is 3.21. The van der Waals surface area contributed by atoms with Gasteiger partial charge in [0.25, 0.3) is 0 Å². The van der Waals surface area contributed by atoms with Crippen LogP contribution in [0.3, 0.4) is 0 Å². The number of amides is 1. The zero-order valence-corrected chi connectivity index (χ0v) is 18.4. The number of hydrogen-bond acceptors (Lipinski definition) is 5. The quantitative estimate of drug-likeness (QED) is 0.587. The maximum atomic E-state index is 13.1. The molecule has 0 bridgehead atoms.